The van der Waals surface area contributed by atoms with E-state index in [-0.39, 0.29) is 5.91 Å². The number of nitrogens with zero attached hydrogens (tertiary/aromatic N) is 1. The summed E-state index contributed by atoms with van der Waals surface area (Å²) in [5.41, 5.74) is 1.25. The van der Waals surface area contributed by atoms with Crippen LogP contribution in [0.2, 0.25) is 0 Å². The molecular weight excluding hydrogens is 264 g/mol. The van der Waals surface area contributed by atoms with Gasteiger partial charge in [0, 0.05) is 0 Å². The van der Waals surface area contributed by atoms with Crippen molar-refractivity contribution in [2.45, 2.75) is 38.7 Å². The van der Waals surface area contributed by atoms with Gasteiger partial charge in [-0.15, -0.1) is 0 Å². The number of nitrogens with one attached hydrogen (secondary N) is 1. The number of aliphatic hydroxyl groups is 1. The Kier molecular flexibility index (Phi) is 5.37. The fraction of sp³-hybridized carbons (Fsp3) is 0.588. The highest BCUT2D eigenvalue weighted by molar-refractivity contribution is 5.78. The second-order valence-corrected chi connectivity index (χ2v) is 5.78. The van der Waals surface area contributed by atoms with Crippen molar-refractivity contribution in [1.29, 1.82) is 0 Å². The zero-order valence-corrected chi connectivity index (χ0v) is 13.1. The molecule has 0 aromatic heterocycles. The zero-order chi connectivity index (χ0) is 15.3. The minimum atomic E-state index is -0.923. The molecule has 0 spiro atoms. The molecule has 1 atom stereocenters. The Hall–Kier alpha value is -1.39. The van der Waals surface area contributed by atoms with Gasteiger partial charge >= 0.3 is 0 Å². The predicted octanol–water partition coefficient (Wildman–Crippen LogP) is 1.67. The van der Waals surface area contributed by atoms with E-state index in [9.17, 15) is 9.90 Å². The molecular formula is C17H26N2O2. The lowest BCUT2D eigenvalue weighted by atomic mass is 9.79. The quantitative estimate of drug-likeness (QED) is 0.838. The van der Waals surface area contributed by atoms with Gasteiger partial charge in [0.2, 0.25) is 5.91 Å². The summed E-state index contributed by atoms with van der Waals surface area (Å²) in [4.78, 5) is 14.1. The molecule has 0 saturated heterocycles. The van der Waals surface area contributed by atoms with Crippen LogP contribution in [0.4, 0.5) is 0 Å². The molecule has 116 valence electrons. The molecule has 1 aromatic rings. The molecule has 1 aliphatic carbocycles. The van der Waals surface area contributed by atoms with Crippen LogP contribution in [0.5, 0.6) is 0 Å². The summed E-state index contributed by atoms with van der Waals surface area (Å²) in [6, 6.07) is 8.00. The van der Waals surface area contributed by atoms with Crippen molar-refractivity contribution in [2.24, 2.45) is 0 Å². The first-order valence-electron chi connectivity index (χ1n) is 7.89. The number of benzene rings is 1. The minimum Gasteiger partial charge on any atom is -0.383 e. The summed E-state index contributed by atoms with van der Waals surface area (Å²) in [6.07, 6.45) is 2.67. The summed E-state index contributed by atoms with van der Waals surface area (Å²) < 4.78 is 0. The minimum absolute atomic E-state index is 0.0184. The van der Waals surface area contributed by atoms with E-state index in [2.05, 4.69) is 16.3 Å². The molecule has 0 bridgehead atoms. The van der Waals surface area contributed by atoms with Crippen LogP contribution in [-0.2, 0) is 16.8 Å². The number of amides is 1. The molecule has 4 heteroatoms. The van der Waals surface area contributed by atoms with Crippen molar-refractivity contribution >= 4 is 5.91 Å². The monoisotopic (exact) mass is 290 g/mol. The van der Waals surface area contributed by atoms with Gasteiger partial charge in [-0.05, 0) is 43.5 Å². The van der Waals surface area contributed by atoms with Crippen molar-refractivity contribution < 1.29 is 9.90 Å². The van der Waals surface area contributed by atoms with Gasteiger partial charge in [0.1, 0.15) is 5.60 Å². The lowest BCUT2D eigenvalue weighted by Crippen LogP contribution is -2.45. The molecule has 0 aliphatic heterocycles. The fourth-order valence-corrected chi connectivity index (χ4v) is 3.03. The third-order valence-corrected chi connectivity index (χ3v) is 4.39. The third kappa shape index (κ3) is 3.83. The third-order valence-electron chi connectivity index (χ3n) is 4.39. The van der Waals surface area contributed by atoms with Crippen molar-refractivity contribution in [3.63, 3.8) is 0 Å². The summed E-state index contributed by atoms with van der Waals surface area (Å²) in [5, 5.41) is 13.8. The summed E-state index contributed by atoms with van der Waals surface area (Å²) in [7, 11) is 0. The molecule has 1 aliphatic rings. The Bertz CT molecular complexity index is 485. The number of hydrogen-bond donors (Lipinski definition) is 2. The molecule has 2 N–H and O–H groups in total. The van der Waals surface area contributed by atoms with Gasteiger partial charge in [-0.25, -0.2) is 0 Å². The average molecular weight is 290 g/mol. The Labute approximate surface area is 127 Å². The van der Waals surface area contributed by atoms with Crippen LogP contribution in [0.25, 0.3) is 0 Å². The Morgan fingerprint density at radius 1 is 1.33 bits per heavy atom. The highest BCUT2D eigenvalue weighted by Gasteiger charge is 2.34. The number of hydrogen-bond acceptors (Lipinski definition) is 3. The molecule has 1 amide bonds. The van der Waals surface area contributed by atoms with E-state index in [0.717, 1.165) is 31.5 Å². The molecule has 0 saturated carbocycles. The summed E-state index contributed by atoms with van der Waals surface area (Å²) in [6.45, 7) is 6.49. The average Bonchev–Trinajstić information content (AvgIpc) is 2.51. The van der Waals surface area contributed by atoms with Crippen molar-refractivity contribution in [2.75, 3.05) is 26.2 Å². The van der Waals surface area contributed by atoms with Gasteiger partial charge in [-0.3, -0.25) is 9.69 Å². The molecule has 21 heavy (non-hydrogen) atoms. The van der Waals surface area contributed by atoms with E-state index >= 15 is 0 Å². The second kappa shape index (κ2) is 7.05. The number of likely N-dealkylation sites (N-methyl/N-ethyl adjacent to an activating group) is 1. The van der Waals surface area contributed by atoms with Crippen molar-refractivity contribution in [1.82, 2.24) is 10.2 Å². The maximum Gasteiger partial charge on any atom is 0.234 e. The smallest absolute Gasteiger partial charge is 0.234 e. The molecule has 0 radical (unpaired) electrons. The second-order valence-electron chi connectivity index (χ2n) is 5.78. The lowest BCUT2D eigenvalue weighted by molar-refractivity contribution is -0.123. The van der Waals surface area contributed by atoms with E-state index in [4.69, 9.17) is 0 Å². The topological polar surface area (TPSA) is 52.6 Å². The zero-order valence-electron chi connectivity index (χ0n) is 13.1. The number of carbonyl (C=O) groups excluding carboxylic acids is 1. The first kappa shape index (κ1) is 16.0. The lowest BCUT2D eigenvalue weighted by Gasteiger charge is -2.34. The van der Waals surface area contributed by atoms with Crippen molar-refractivity contribution in [3.8, 4) is 0 Å². The van der Waals surface area contributed by atoms with E-state index in [1.165, 1.54) is 5.56 Å². The van der Waals surface area contributed by atoms with Crippen LogP contribution in [0, 0.1) is 0 Å². The van der Waals surface area contributed by atoms with Crippen LogP contribution < -0.4 is 5.32 Å². The summed E-state index contributed by atoms with van der Waals surface area (Å²) >= 11 is 0. The van der Waals surface area contributed by atoms with E-state index < -0.39 is 5.60 Å². The maximum atomic E-state index is 12.0. The van der Waals surface area contributed by atoms with Gasteiger partial charge in [-0.2, -0.15) is 0 Å². The Morgan fingerprint density at radius 2 is 2.05 bits per heavy atom. The van der Waals surface area contributed by atoms with E-state index in [1.54, 1.807) is 0 Å². The highest BCUT2D eigenvalue weighted by Crippen LogP contribution is 2.34. The Balaban J connectivity index is 1.98. The molecule has 0 fully saturated rings. The largest absolute Gasteiger partial charge is 0.383 e. The van der Waals surface area contributed by atoms with E-state index in [1.807, 2.05) is 32.0 Å². The van der Waals surface area contributed by atoms with Gasteiger partial charge in [0.05, 0.1) is 13.1 Å². The SMILES string of the molecule is CCN(CC)CC(=O)NCC1(O)CCCc2ccccc21. The molecule has 4 nitrogen and oxygen atoms in total. The first-order valence-corrected chi connectivity index (χ1v) is 7.89. The predicted molar refractivity (Wildman–Crippen MR) is 84.1 cm³/mol. The normalized spacial score (nSPS) is 21.1. The van der Waals surface area contributed by atoms with Crippen LogP contribution in [0.15, 0.2) is 24.3 Å². The van der Waals surface area contributed by atoms with Gasteiger partial charge in [0.25, 0.3) is 0 Å². The standard InChI is InChI=1S/C17H26N2O2/c1-3-19(4-2)12-16(20)18-13-17(21)11-7-9-14-8-5-6-10-15(14)17/h5-6,8,10,21H,3-4,7,9,11-13H2,1-2H3,(H,18,20). The number of rotatable bonds is 6. The van der Waals surface area contributed by atoms with Gasteiger partial charge < -0.3 is 10.4 Å². The molecule has 1 unspecified atom stereocenters. The number of fused-ring (bicyclic) bond motifs is 1. The Morgan fingerprint density at radius 3 is 2.76 bits per heavy atom. The first-order chi connectivity index (χ1) is 10.1. The summed E-state index contributed by atoms with van der Waals surface area (Å²) in [5.74, 6) is -0.0184. The number of carbonyl (C=O) groups is 1. The van der Waals surface area contributed by atoms with Gasteiger partial charge in [0.15, 0.2) is 0 Å². The van der Waals surface area contributed by atoms with Crippen LogP contribution >= 0.6 is 0 Å². The molecule has 2 rings (SSSR count). The van der Waals surface area contributed by atoms with Gasteiger partial charge in [-0.1, -0.05) is 38.1 Å². The molecule has 1 aromatic carbocycles. The van der Waals surface area contributed by atoms with Crippen LogP contribution in [0.3, 0.4) is 0 Å². The maximum absolute atomic E-state index is 12.0. The van der Waals surface area contributed by atoms with Crippen molar-refractivity contribution in [3.05, 3.63) is 35.4 Å². The van der Waals surface area contributed by atoms with Crippen LogP contribution in [0.1, 0.15) is 37.8 Å². The highest BCUT2D eigenvalue weighted by atomic mass is 16.3. The van der Waals surface area contributed by atoms with E-state index in [0.29, 0.717) is 19.5 Å². The number of aryl methyl sites for hydroxylation is 1. The fourth-order valence-electron chi connectivity index (χ4n) is 3.03. The molecule has 0 heterocycles. The van der Waals surface area contributed by atoms with Crippen LogP contribution in [-0.4, -0.2) is 42.1 Å².